The molecule has 0 saturated heterocycles. The summed E-state index contributed by atoms with van der Waals surface area (Å²) in [7, 11) is 3.42. The topological polar surface area (TPSA) is 39.7 Å². The highest BCUT2D eigenvalue weighted by Gasteiger charge is 2.13. The molecule has 21 heavy (non-hydrogen) atoms. The summed E-state index contributed by atoms with van der Waals surface area (Å²) in [6.45, 7) is 6.81. The number of aryl methyl sites for hydroxylation is 1. The zero-order valence-electron chi connectivity index (χ0n) is 13.6. The predicted molar refractivity (Wildman–Crippen MR) is 86.0 cm³/mol. The van der Waals surface area contributed by atoms with Gasteiger partial charge in [0.25, 0.3) is 0 Å². The van der Waals surface area contributed by atoms with E-state index in [1.54, 1.807) is 14.2 Å². The van der Waals surface area contributed by atoms with Gasteiger partial charge in [-0.15, -0.1) is 0 Å². The monoisotopic (exact) mass is 295 g/mol. The fraction of sp³-hybridized carbons (Fsp3) is 0.647. The van der Waals surface area contributed by atoms with E-state index in [0.717, 1.165) is 32.7 Å². The van der Waals surface area contributed by atoms with Crippen molar-refractivity contribution in [3.8, 4) is 0 Å². The van der Waals surface area contributed by atoms with Crippen molar-refractivity contribution >= 4 is 0 Å². The van der Waals surface area contributed by atoms with E-state index in [0.29, 0.717) is 19.1 Å². The lowest BCUT2D eigenvalue weighted by Crippen LogP contribution is -2.26. The summed E-state index contributed by atoms with van der Waals surface area (Å²) in [5, 5.41) is 3.46. The smallest absolute Gasteiger partial charge is 0.0700 e. The Labute approximate surface area is 128 Å². The fourth-order valence-corrected chi connectivity index (χ4v) is 2.33. The first-order valence-corrected chi connectivity index (χ1v) is 7.61. The van der Waals surface area contributed by atoms with Gasteiger partial charge >= 0.3 is 0 Å². The standard InChI is InChI=1S/C17H29NO3/c1-15-6-4-5-7-17(15)16(14-18-9-11-19-2)8-10-21-13-12-20-3/h4-7,16,18H,8-14H2,1-3H3. The summed E-state index contributed by atoms with van der Waals surface area (Å²) < 4.78 is 15.7. The molecule has 0 heterocycles. The minimum Gasteiger partial charge on any atom is -0.383 e. The van der Waals surface area contributed by atoms with E-state index >= 15 is 0 Å². The number of hydrogen-bond donors (Lipinski definition) is 1. The molecule has 1 unspecified atom stereocenters. The SMILES string of the molecule is COCCNCC(CCOCCOC)c1ccccc1C. The highest BCUT2D eigenvalue weighted by molar-refractivity contribution is 5.29. The predicted octanol–water partition coefficient (Wildman–Crippen LogP) is 2.37. The highest BCUT2D eigenvalue weighted by Crippen LogP contribution is 2.22. The van der Waals surface area contributed by atoms with Crippen LogP contribution < -0.4 is 5.32 Å². The molecule has 0 aliphatic heterocycles. The molecular weight excluding hydrogens is 266 g/mol. The van der Waals surface area contributed by atoms with Crippen molar-refractivity contribution in [1.29, 1.82) is 0 Å². The van der Waals surface area contributed by atoms with Crippen LogP contribution in [0.2, 0.25) is 0 Å². The Morgan fingerprint density at radius 2 is 1.76 bits per heavy atom. The Morgan fingerprint density at radius 3 is 2.48 bits per heavy atom. The lowest BCUT2D eigenvalue weighted by atomic mass is 9.92. The molecule has 0 aliphatic rings. The van der Waals surface area contributed by atoms with Crippen LogP contribution in [0, 0.1) is 6.92 Å². The van der Waals surface area contributed by atoms with Crippen molar-refractivity contribution < 1.29 is 14.2 Å². The van der Waals surface area contributed by atoms with E-state index < -0.39 is 0 Å². The van der Waals surface area contributed by atoms with Gasteiger partial charge < -0.3 is 19.5 Å². The zero-order valence-corrected chi connectivity index (χ0v) is 13.6. The number of ether oxygens (including phenoxy) is 3. The molecule has 0 bridgehead atoms. The number of methoxy groups -OCH3 is 2. The summed E-state index contributed by atoms with van der Waals surface area (Å²) in [5.41, 5.74) is 2.74. The Morgan fingerprint density at radius 1 is 1.00 bits per heavy atom. The normalized spacial score (nSPS) is 12.5. The van der Waals surface area contributed by atoms with Crippen LogP contribution in [0.25, 0.3) is 0 Å². The molecule has 0 aliphatic carbocycles. The third-order valence-electron chi connectivity index (χ3n) is 3.54. The lowest BCUT2D eigenvalue weighted by Gasteiger charge is -2.20. The number of hydrogen-bond acceptors (Lipinski definition) is 4. The molecule has 0 spiro atoms. The Balaban J connectivity index is 2.47. The van der Waals surface area contributed by atoms with Crippen LogP contribution in [0.1, 0.15) is 23.5 Å². The van der Waals surface area contributed by atoms with Gasteiger partial charge in [-0.3, -0.25) is 0 Å². The van der Waals surface area contributed by atoms with Gasteiger partial charge in [-0.25, -0.2) is 0 Å². The van der Waals surface area contributed by atoms with Crippen molar-refractivity contribution in [1.82, 2.24) is 5.32 Å². The highest BCUT2D eigenvalue weighted by atomic mass is 16.5. The molecule has 1 N–H and O–H groups in total. The maximum atomic E-state index is 5.62. The molecule has 4 heteroatoms. The Hall–Kier alpha value is -0.940. The van der Waals surface area contributed by atoms with Gasteiger partial charge in [-0.2, -0.15) is 0 Å². The van der Waals surface area contributed by atoms with Gasteiger partial charge in [-0.05, 0) is 30.4 Å². The lowest BCUT2D eigenvalue weighted by molar-refractivity contribution is 0.0669. The fourth-order valence-electron chi connectivity index (χ4n) is 2.33. The third-order valence-corrected chi connectivity index (χ3v) is 3.54. The van der Waals surface area contributed by atoms with Crippen molar-refractivity contribution in [3.63, 3.8) is 0 Å². The largest absolute Gasteiger partial charge is 0.383 e. The molecule has 1 rings (SSSR count). The summed E-state index contributed by atoms with van der Waals surface area (Å²) >= 11 is 0. The van der Waals surface area contributed by atoms with E-state index in [9.17, 15) is 0 Å². The summed E-state index contributed by atoms with van der Waals surface area (Å²) in [6.07, 6.45) is 1.01. The summed E-state index contributed by atoms with van der Waals surface area (Å²) in [4.78, 5) is 0. The van der Waals surface area contributed by atoms with E-state index in [1.165, 1.54) is 11.1 Å². The van der Waals surface area contributed by atoms with Crippen LogP contribution in [-0.4, -0.2) is 53.7 Å². The molecule has 0 saturated carbocycles. The van der Waals surface area contributed by atoms with Crippen molar-refractivity contribution in [2.24, 2.45) is 0 Å². The second-order valence-electron chi connectivity index (χ2n) is 5.14. The van der Waals surface area contributed by atoms with Crippen LogP contribution in [-0.2, 0) is 14.2 Å². The molecular formula is C17H29NO3. The average molecular weight is 295 g/mol. The van der Waals surface area contributed by atoms with Crippen LogP contribution in [0.3, 0.4) is 0 Å². The Kier molecular flexibility index (Phi) is 10.1. The van der Waals surface area contributed by atoms with Crippen LogP contribution in [0.5, 0.6) is 0 Å². The summed E-state index contributed by atoms with van der Waals surface area (Å²) in [5.74, 6) is 0.464. The number of rotatable bonds is 12. The van der Waals surface area contributed by atoms with Gasteiger partial charge in [0, 0.05) is 33.9 Å². The average Bonchev–Trinajstić information content (AvgIpc) is 2.50. The minimum atomic E-state index is 0.464. The first-order valence-electron chi connectivity index (χ1n) is 7.61. The van der Waals surface area contributed by atoms with Crippen molar-refractivity contribution in [2.45, 2.75) is 19.3 Å². The second kappa shape index (κ2) is 11.7. The van der Waals surface area contributed by atoms with Gasteiger partial charge in [0.1, 0.15) is 0 Å². The second-order valence-corrected chi connectivity index (χ2v) is 5.14. The van der Waals surface area contributed by atoms with E-state index in [2.05, 4.69) is 36.5 Å². The van der Waals surface area contributed by atoms with Gasteiger partial charge in [0.05, 0.1) is 19.8 Å². The first kappa shape index (κ1) is 18.1. The van der Waals surface area contributed by atoms with Crippen LogP contribution in [0.4, 0.5) is 0 Å². The Bertz CT molecular complexity index is 371. The van der Waals surface area contributed by atoms with Gasteiger partial charge in [0.15, 0.2) is 0 Å². The van der Waals surface area contributed by atoms with E-state index in [4.69, 9.17) is 14.2 Å². The molecule has 1 aromatic rings. The molecule has 0 fully saturated rings. The maximum absolute atomic E-state index is 5.62. The molecule has 120 valence electrons. The molecule has 0 aromatic heterocycles. The van der Waals surface area contributed by atoms with Crippen LogP contribution >= 0.6 is 0 Å². The number of nitrogens with one attached hydrogen (secondary N) is 1. The van der Waals surface area contributed by atoms with Gasteiger partial charge in [0.2, 0.25) is 0 Å². The van der Waals surface area contributed by atoms with Crippen molar-refractivity contribution in [2.75, 3.05) is 53.7 Å². The molecule has 0 radical (unpaired) electrons. The van der Waals surface area contributed by atoms with Gasteiger partial charge in [-0.1, -0.05) is 24.3 Å². The van der Waals surface area contributed by atoms with E-state index in [-0.39, 0.29) is 0 Å². The quantitative estimate of drug-likeness (QED) is 0.601. The van der Waals surface area contributed by atoms with Crippen LogP contribution in [0.15, 0.2) is 24.3 Å². The minimum absolute atomic E-state index is 0.464. The molecule has 1 aromatic carbocycles. The molecule has 4 nitrogen and oxygen atoms in total. The zero-order chi connectivity index (χ0) is 15.3. The molecule has 1 atom stereocenters. The van der Waals surface area contributed by atoms with Crippen molar-refractivity contribution in [3.05, 3.63) is 35.4 Å². The third kappa shape index (κ3) is 7.58. The summed E-state index contributed by atoms with van der Waals surface area (Å²) in [6, 6.07) is 8.58. The van der Waals surface area contributed by atoms with E-state index in [1.807, 2.05) is 0 Å². The number of benzene rings is 1. The maximum Gasteiger partial charge on any atom is 0.0700 e. The molecule has 0 amide bonds. The first-order chi connectivity index (χ1) is 10.3.